The molecule has 4 heteroatoms. The van der Waals surface area contributed by atoms with Gasteiger partial charge in [0.1, 0.15) is 0 Å². The summed E-state index contributed by atoms with van der Waals surface area (Å²) in [5.74, 6) is 0. The van der Waals surface area contributed by atoms with Gasteiger partial charge in [0, 0.05) is 16.2 Å². The smallest absolute Gasteiger partial charge is 0.0595 e. The maximum absolute atomic E-state index is 6.07. The van der Waals surface area contributed by atoms with Crippen LogP contribution < -0.4 is 5.32 Å². The molecule has 0 fully saturated rings. The van der Waals surface area contributed by atoms with Gasteiger partial charge in [-0.15, -0.1) is 0 Å². The Balaban J connectivity index is 2.22. The average Bonchev–Trinajstić information content (AvgIpc) is 2.43. The van der Waals surface area contributed by atoms with E-state index in [2.05, 4.69) is 47.2 Å². The van der Waals surface area contributed by atoms with E-state index in [0.29, 0.717) is 10.0 Å². The van der Waals surface area contributed by atoms with Crippen molar-refractivity contribution in [1.29, 1.82) is 0 Å². The molecule has 0 radical (unpaired) electrons. The quantitative estimate of drug-likeness (QED) is 0.646. The van der Waals surface area contributed by atoms with Crippen LogP contribution in [0.5, 0.6) is 0 Å². The lowest BCUT2D eigenvalue weighted by atomic mass is 10.1. The SMILES string of the molecule is CCc1cc(Br)ccc1NC(C)c1ccc(Cl)c(Cl)c1. The van der Waals surface area contributed by atoms with Crippen LogP contribution in [0, 0.1) is 0 Å². The number of halogens is 3. The normalized spacial score (nSPS) is 12.2. The third kappa shape index (κ3) is 3.69. The van der Waals surface area contributed by atoms with Crippen LogP contribution in [0.2, 0.25) is 10.0 Å². The first kappa shape index (κ1) is 15.7. The molecule has 1 N–H and O–H groups in total. The number of benzene rings is 2. The Kier molecular flexibility index (Phi) is 5.36. The Morgan fingerprint density at radius 1 is 1.10 bits per heavy atom. The highest BCUT2D eigenvalue weighted by atomic mass is 79.9. The Morgan fingerprint density at radius 2 is 1.85 bits per heavy atom. The highest BCUT2D eigenvalue weighted by Crippen LogP contribution is 2.29. The highest BCUT2D eigenvalue weighted by Gasteiger charge is 2.10. The maximum atomic E-state index is 6.07. The van der Waals surface area contributed by atoms with Crippen molar-refractivity contribution in [3.8, 4) is 0 Å². The van der Waals surface area contributed by atoms with Gasteiger partial charge in [-0.2, -0.15) is 0 Å². The van der Waals surface area contributed by atoms with Crippen LogP contribution in [0.1, 0.15) is 31.0 Å². The Morgan fingerprint density at radius 3 is 2.50 bits per heavy atom. The molecule has 0 amide bonds. The van der Waals surface area contributed by atoms with Gasteiger partial charge in [0.05, 0.1) is 10.0 Å². The summed E-state index contributed by atoms with van der Waals surface area (Å²) < 4.78 is 1.10. The minimum absolute atomic E-state index is 0.163. The Labute approximate surface area is 138 Å². The summed E-state index contributed by atoms with van der Waals surface area (Å²) in [6.45, 7) is 4.26. The highest BCUT2D eigenvalue weighted by molar-refractivity contribution is 9.10. The van der Waals surface area contributed by atoms with Crippen molar-refractivity contribution in [1.82, 2.24) is 0 Å². The first-order valence-electron chi connectivity index (χ1n) is 6.51. The van der Waals surface area contributed by atoms with E-state index in [-0.39, 0.29) is 6.04 Å². The van der Waals surface area contributed by atoms with Crippen molar-refractivity contribution in [3.63, 3.8) is 0 Å². The molecule has 0 saturated heterocycles. The van der Waals surface area contributed by atoms with E-state index in [4.69, 9.17) is 23.2 Å². The van der Waals surface area contributed by atoms with Crippen molar-refractivity contribution in [2.75, 3.05) is 5.32 Å². The molecule has 0 aliphatic carbocycles. The molecule has 0 saturated carbocycles. The van der Waals surface area contributed by atoms with Crippen molar-refractivity contribution in [2.24, 2.45) is 0 Å². The topological polar surface area (TPSA) is 12.0 Å². The molecule has 0 bridgehead atoms. The largest absolute Gasteiger partial charge is 0.378 e. The molecule has 2 aromatic rings. The second-order valence-electron chi connectivity index (χ2n) is 4.69. The van der Waals surface area contributed by atoms with Crippen LogP contribution in [-0.2, 0) is 6.42 Å². The lowest BCUT2D eigenvalue weighted by Crippen LogP contribution is -2.08. The van der Waals surface area contributed by atoms with Gasteiger partial charge in [0.2, 0.25) is 0 Å². The average molecular weight is 373 g/mol. The van der Waals surface area contributed by atoms with Crippen LogP contribution in [0.4, 0.5) is 5.69 Å². The lowest BCUT2D eigenvalue weighted by molar-refractivity contribution is 0.879. The van der Waals surface area contributed by atoms with Crippen LogP contribution in [0.15, 0.2) is 40.9 Å². The molecule has 0 aliphatic rings. The monoisotopic (exact) mass is 371 g/mol. The molecular formula is C16H16BrCl2N. The molecule has 0 spiro atoms. The van der Waals surface area contributed by atoms with Crippen LogP contribution in [-0.4, -0.2) is 0 Å². The third-order valence-electron chi connectivity index (χ3n) is 3.26. The first-order valence-corrected chi connectivity index (χ1v) is 8.06. The Hall–Kier alpha value is -0.700. The summed E-state index contributed by atoms with van der Waals surface area (Å²) in [5, 5.41) is 4.70. The van der Waals surface area contributed by atoms with Gasteiger partial charge >= 0.3 is 0 Å². The standard InChI is InChI=1S/C16H16BrCl2N/c1-3-11-8-13(17)5-7-16(11)20-10(2)12-4-6-14(18)15(19)9-12/h4-10,20H,3H2,1-2H3. The minimum atomic E-state index is 0.163. The van der Waals surface area contributed by atoms with Gasteiger partial charge in [-0.25, -0.2) is 0 Å². The van der Waals surface area contributed by atoms with E-state index in [9.17, 15) is 0 Å². The molecule has 1 unspecified atom stereocenters. The van der Waals surface area contributed by atoms with Gasteiger partial charge in [0.25, 0.3) is 0 Å². The molecule has 2 aromatic carbocycles. The van der Waals surface area contributed by atoms with Gasteiger partial charge in [-0.05, 0) is 54.8 Å². The third-order valence-corrected chi connectivity index (χ3v) is 4.50. The zero-order chi connectivity index (χ0) is 14.7. The number of anilines is 1. The first-order chi connectivity index (χ1) is 9.51. The summed E-state index contributed by atoms with van der Waals surface area (Å²) in [7, 11) is 0. The maximum Gasteiger partial charge on any atom is 0.0595 e. The molecule has 2 rings (SSSR count). The predicted octanol–water partition coefficient (Wildman–Crippen LogP) is 6.49. The zero-order valence-corrected chi connectivity index (χ0v) is 14.5. The summed E-state index contributed by atoms with van der Waals surface area (Å²) in [5.41, 5.74) is 3.55. The number of nitrogens with one attached hydrogen (secondary N) is 1. The van der Waals surface area contributed by atoms with E-state index in [1.807, 2.05) is 24.3 Å². The Bertz CT molecular complexity index is 613. The molecule has 1 nitrogen and oxygen atoms in total. The van der Waals surface area contributed by atoms with Crippen LogP contribution >= 0.6 is 39.1 Å². The minimum Gasteiger partial charge on any atom is -0.378 e. The second kappa shape index (κ2) is 6.84. The van der Waals surface area contributed by atoms with Crippen molar-refractivity contribution >= 4 is 44.8 Å². The van der Waals surface area contributed by atoms with Gasteiger partial charge in [-0.1, -0.05) is 52.1 Å². The van der Waals surface area contributed by atoms with E-state index < -0.39 is 0 Å². The summed E-state index contributed by atoms with van der Waals surface area (Å²) in [6, 6.07) is 12.2. The fourth-order valence-corrected chi connectivity index (χ4v) is 2.81. The van der Waals surface area contributed by atoms with E-state index in [0.717, 1.165) is 22.1 Å². The van der Waals surface area contributed by atoms with E-state index in [1.165, 1.54) is 5.56 Å². The van der Waals surface area contributed by atoms with Gasteiger partial charge < -0.3 is 5.32 Å². The van der Waals surface area contributed by atoms with Crippen molar-refractivity contribution in [3.05, 3.63) is 62.0 Å². The van der Waals surface area contributed by atoms with E-state index >= 15 is 0 Å². The number of hydrogen-bond acceptors (Lipinski definition) is 1. The summed E-state index contributed by atoms with van der Waals surface area (Å²) >= 11 is 15.5. The van der Waals surface area contributed by atoms with Crippen molar-refractivity contribution in [2.45, 2.75) is 26.3 Å². The summed E-state index contributed by atoms with van der Waals surface area (Å²) in [4.78, 5) is 0. The molecule has 1 atom stereocenters. The molecule has 106 valence electrons. The van der Waals surface area contributed by atoms with E-state index in [1.54, 1.807) is 0 Å². The zero-order valence-electron chi connectivity index (χ0n) is 11.4. The number of rotatable bonds is 4. The molecule has 0 aliphatic heterocycles. The second-order valence-corrected chi connectivity index (χ2v) is 6.42. The lowest BCUT2D eigenvalue weighted by Gasteiger charge is -2.19. The van der Waals surface area contributed by atoms with Crippen LogP contribution in [0.25, 0.3) is 0 Å². The molecule has 0 aromatic heterocycles. The van der Waals surface area contributed by atoms with Crippen LogP contribution in [0.3, 0.4) is 0 Å². The number of hydrogen-bond donors (Lipinski definition) is 1. The fraction of sp³-hybridized carbons (Fsp3) is 0.250. The molecule has 20 heavy (non-hydrogen) atoms. The van der Waals surface area contributed by atoms with Crippen molar-refractivity contribution < 1.29 is 0 Å². The van der Waals surface area contributed by atoms with Gasteiger partial charge in [0.15, 0.2) is 0 Å². The van der Waals surface area contributed by atoms with Gasteiger partial charge in [-0.3, -0.25) is 0 Å². The fourth-order valence-electron chi connectivity index (χ4n) is 2.09. The molecule has 0 heterocycles. The molecular weight excluding hydrogens is 357 g/mol. The predicted molar refractivity (Wildman–Crippen MR) is 92.0 cm³/mol. The summed E-state index contributed by atoms with van der Waals surface area (Å²) in [6.07, 6.45) is 0.982. The number of aryl methyl sites for hydroxylation is 1.